The molecule has 6 nitrogen and oxygen atoms in total. The summed E-state index contributed by atoms with van der Waals surface area (Å²) in [4.78, 5) is 43.1. The van der Waals surface area contributed by atoms with Crippen LogP contribution in [0.15, 0.2) is 24.3 Å². The minimum atomic E-state index is -0.446. The van der Waals surface area contributed by atoms with E-state index in [0.717, 1.165) is 37.7 Å². The lowest BCUT2D eigenvalue weighted by Crippen LogP contribution is -2.63. The summed E-state index contributed by atoms with van der Waals surface area (Å²) in [6.45, 7) is 5.31. The SMILES string of the molecule is CC[C@@H](C)N1C(=O)c2ccccc2[C@@H](C(=O)N2CCC(C(N)=O)CC2)C12CCCC2. The number of likely N-dealkylation sites (tertiary alicyclic amines) is 1. The van der Waals surface area contributed by atoms with Crippen molar-refractivity contribution < 1.29 is 14.4 Å². The van der Waals surface area contributed by atoms with Gasteiger partial charge >= 0.3 is 0 Å². The molecule has 0 radical (unpaired) electrons. The molecular weight excluding hydrogens is 378 g/mol. The zero-order valence-electron chi connectivity index (χ0n) is 18.1. The van der Waals surface area contributed by atoms with Gasteiger partial charge in [-0.2, -0.15) is 0 Å². The average Bonchev–Trinajstić information content (AvgIpc) is 3.23. The normalized spacial score (nSPS) is 24.7. The molecule has 2 atom stereocenters. The van der Waals surface area contributed by atoms with Gasteiger partial charge in [0.2, 0.25) is 11.8 Å². The minimum Gasteiger partial charge on any atom is -0.369 e. The van der Waals surface area contributed by atoms with Gasteiger partial charge in [-0.25, -0.2) is 0 Å². The highest BCUT2D eigenvalue weighted by Crippen LogP contribution is 2.52. The molecule has 2 fully saturated rings. The smallest absolute Gasteiger partial charge is 0.254 e. The molecule has 0 unspecified atom stereocenters. The molecule has 2 aliphatic heterocycles. The number of piperidine rings is 1. The molecule has 3 amide bonds. The van der Waals surface area contributed by atoms with Gasteiger partial charge in [0.05, 0.1) is 11.5 Å². The maximum Gasteiger partial charge on any atom is 0.254 e. The summed E-state index contributed by atoms with van der Waals surface area (Å²) >= 11 is 0. The number of carbonyl (C=O) groups is 3. The van der Waals surface area contributed by atoms with Gasteiger partial charge < -0.3 is 15.5 Å². The van der Waals surface area contributed by atoms with Gasteiger partial charge in [-0.1, -0.05) is 38.0 Å². The van der Waals surface area contributed by atoms with Gasteiger partial charge in [0, 0.05) is 30.6 Å². The van der Waals surface area contributed by atoms with Crippen molar-refractivity contribution >= 4 is 17.7 Å². The van der Waals surface area contributed by atoms with Gasteiger partial charge in [0.1, 0.15) is 0 Å². The van der Waals surface area contributed by atoms with Crippen molar-refractivity contribution in [1.29, 1.82) is 0 Å². The molecule has 6 heteroatoms. The molecule has 1 aromatic carbocycles. The lowest BCUT2D eigenvalue weighted by atomic mass is 9.70. The summed E-state index contributed by atoms with van der Waals surface area (Å²) in [5, 5.41) is 0. The number of nitrogens with zero attached hydrogens (tertiary/aromatic N) is 2. The van der Waals surface area contributed by atoms with Crippen LogP contribution in [-0.4, -0.2) is 52.2 Å². The van der Waals surface area contributed by atoms with E-state index in [1.54, 1.807) is 0 Å². The highest BCUT2D eigenvalue weighted by molar-refractivity contribution is 6.02. The molecule has 30 heavy (non-hydrogen) atoms. The number of nitrogens with two attached hydrogens (primary N) is 1. The second-order valence-electron chi connectivity index (χ2n) is 9.27. The Morgan fingerprint density at radius 3 is 2.40 bits per heavy atom. The van der Waals surface area contributed by atoms with Crippen molar-refractivity contribution in [3.8, 4) is 0 Å². The highest BCUT2D eigenvalue weighted by atomic mass is 16.2. The van der Waals surface area contributed by atoms with E-state index in [2.05, 4.69) is 18.7 Å². The fourth-order valence-electron chi connectivity index (χ4n) is 5.97. The Morgan fingerprint density at radius 2 is 1.80 bits per heavy atom. The first kappa shape index (κ1) is 20.9. The Labute approximate surface area is 178 Å². The van der Waals surface area contributed by atoms with Crippen LogP contribution in [0.25, 0.3) is 0 Å². The first-order valence-electron chi connectivity index (χ1n) is 11.4. The molecule has 162 valence electrons. The zero-order valence-corrected chi connectivity index (χ0v) is 18.1. The van der Waals surface area contributed by atoms with Crippen molar-refractivity contribution in [3.05, 3.63) is 35.4 Å². The fraction of sp³-hybridized carbons (Fsp3) is 0.625. The van der Waals surface area contributed by atoms with Crippen LogP contribution in [0, 0.1) is 5.92 Å². The topological polar surface area (TPSA) is 83.7 Å². The Morgan fingerprint density at radius 1 is 1.17 bits per heavy atom. The summed E-state index contributed by atoms with van der Waals surface area (Å²) in [6, 6.07) is 7.75. The minimum absolute atomic E-state index is 0.0679. The number of amides is 3. The third kappa shape index (κ3) is 3.21. The Kier molecular flexibility index (Phi) is 5.60. The van der Waals surface area contributed by atoms with Crippen LogP contribution in [0.2, 0.25) is 0 Å². The Bertz CT molecular complexity index is 838. The third-order valence-electron chi connectivity index (χ3n) is 7.70. The molecule has 1 saturated carbocycles. The third-order valence-corrected chi connectivity index (χ3v) is 7.70. The van der Waals surface area contributed by atoms with E-state index in [0.29, 0.717) is 31.5 Å². The molecular formula is C24H33N3O3. The number of rotatable bonds is 4. The summed E-state index contributed by atoms with van der Waals surface area (Å²) in [6.07, 6.45) is 5.91. The van der Waals surface area contributed by atoms with E-state index in [-0.39, 0.29) is 35.6 Å². The first-order valence-corrected chi connectivity index (χ1v) is 11.4. The largest absolute Gasteiger partial charge is 0.369 e. The van der Waals surface area contributed by atoms with Gasteiger partial charge in [0.25, 0.3) is 5.91 Å². The predicted molar refractivity (Wildman–Crippen MR) is 115 cm³/mol. The van der Waals surface area contributed by atoms with Crippen LogP contribution in [0.5, 0.6) is 0 Å². The summed E-state index contributed by atoms with van der Waals surface area (Å²) in [5.41, 5.74) is 6.59. The van der Waals surface area contributed by atoms with Gasteiger partial charge in [-0.15, -0.1) is 0 Å². The monoisotopic (exact) mass is 411 g/mol. The number of carbonyl (C=O) groups excluding carboxylic acids is 3. The number of fused-ring (bicyclic) bond motifs is 1. The Balaban J connectivity index is 1.76. The molecule has 2 N–H and O–H groups in total. The van der Waals surface area contributed by atoms with E-state index in [1.165, 1.54) is 0 Å². The van der Waals surface area contributed by atoms with Crippen molar-refractivity contribution in [2.75, 3.05) is 13.1 Å². The van der Waals surface area contributed by atoms with Gasteiger partial charge in [-0.3, -0.25) is 14.4 Å². The molecule has 2 heterocycles. The fourth-order valence-corrected chi connectivity index (χ4v) is 5.97. The molecule has 1 spiro atoms. The van der Waals surface area contributed by atoms with E-state index >= 15 is 0 Å². The second kappa shape index (κ2) is 8.05. The van der Waals surface area contributed by atoms with Crippen LogP contribution in [0.3, 0.4) is 0 Å². The lowest BCUT2D eigenvalue weighted by Gasteiger charge is -2.53. The molecule has 1 aromatic rings. The first-order chi connectivity index (χ1) is 14.4. The molecule has 3 aliphatic rings. The van der Waals surface area contributed by atoms with Crippen LogP contribution in [-0.2, 0) is 9.59 Å². The zero-order chi connectivity index (χ0) is 21.5. The number of primary amides is 1. The van der Waals surface area contributed by atoms with E-state index in [1.807, 2.05) is 29.2 Å². The molecule has 1 aliphatic carbocycles. The summed E-state index contributed by atoms with van der Waals surface area (Å²) < 4.78 is 0. The molecule has 0 bridgehead atoms. The quantitative estimate of drug-likeness (QED) is 0.826. The lowest BCUT2D eigenvalue weighted by molar-refractivity contribution is -0.140. The van der Waals surface area contributed by atoms with Gasteiger partial charge in [0.15, 0.2) is 0 Å². The van der Waals surface area contributed by atoms with E-state index in [4.69, 9.17) is 5.73 Å². The maximum absolute atomic E-state index is 14.0. The standard InChI is InChI=1S/C24H33N3O3/c1-3-16(2)27-22(29)19-9-5-4-8-18(19)20(24(27)12-6-7-13-24)23(30)26-14-10-17(11-15-26)21(25)28/h4-5,8-9,16-17,20H,3,6-7,10-15H2,1-2H3,(H2,25,28)/t16-,20+/m1/s1. The van der Waals surface area contributed by atoms with Crippen LogP contribution >= 0.6 is 0 Å². The summed E-state index contributed by atoms with van der Waals surface area (Å²) in [5.74, 6) is -0.586. The maximum atomic E-state index is 14.0. The average molecular weight is 412 g/mol. The highest BCUT2D eigenvalue weighted by Gasteiger charge is 2.57. The molecule has 1 saturated heterocycles. The number of hydrogen-bond donors (Lipinski definition) is 1. The second-order valence-corrected chi connectivity index (χ2v) is 9.27. The predicted octanol–water partition coefficient (Wildman–Crippen LogP) is 3.06. The Hall–Kier alpha value is -2.37. The van der Waals surface area contributed by atoms with Crippen LogP contribution in [0.4, 0.5) is 0 Å². The van der Waals surface area contributed by atoms with E-state index < -0.39 is 5.54 Å². The van der Waals surface area contributed by atoms with Crippen molar-refractivity contribution in [3.63, 3.8) is 0 Å². The number of hydrogen-bond acceptors (Lipinski definition) is 3. The molecule has 0 aromatic heterocycles. The van der Waals surface area contributed by atoms with Gasteiger partial charge in [-0.05, 0) is 50.7 Å². The number of benzene rings is 1. The van der Waals surface area contributed by atoms with Crippen LogP contribution in [0.1, 0.15) is 80.6 Å². The summed E-state index contributed by atoms with van der Waals surface area (Å²) in [7, 11) is 0. The van der Waals surface area contributed by atoms with Crippen molar-refractivity contribution in [1.82, 2.24) is 9.80 Å². The van der Waals surface area contributed by atoms with E-state index in [9.17, 15) is 14.4 Å². The molecule has 4 rings (SSSR count). The van der Waals surface area contributed by atoms with Crippen molar-refractivity contribution in [2.24, 2.45) is 11.7 Å². The van der Waals surface area contributed by atoms with Crippen molar-refractivity contribution in [2.45, 2.75) is 76.3 Å². The van der Waals surface area contributed by atoms with Crippen LogP contribution < -0.4 is 5.73 Å².